The second-order valence-corrected chi connectivity index (χ2v) is 8.63. The molecule has 2 aromatic carbocycles. The Morgan fingerprint density at radius 3 is 2.24 bits per heavy atom. The van der Waals surface area contributed by atoms with E-state index in [0.717, 1.165) is 11.1 Å². The summed E-state index contributed by atoms with van der Waals surface area (Å²) in [7, 11) is 1.25. The highest BCUT2D eigenvalue weighted by atomic mass is 16.5. The molecule has 1 aliphatic rings. The van der Waals surface area contributed by atoms with Crippen LogP contribution in [0.3, 0.4) is 0 Å². The van der Waals surface area contributed by atoms with Gasteiger partial charge < -0.3 is 15.0 Å². The molecule has 1 saturated heterocycles. The summed E-state index contributed by atoms with van der Waals surface area (Å²) in [6.07, 6.45) is -1.14. The number of rotatable bonds is 5. The van der Waals surface area contributed by atoms with Gasteiger partial charge in [0.2, 0.25) is 0 Å². The number of ether oxygens (including phenoxy) is 1. The number of hydroxylamine groups is 2. The van der Waals surface area contributed by atoms with Crippen LogP contribution in [0.5, 0.6) is 0 Å². The number of methoxy groups -OCH3 is 1. The van der Waals surface area contributed by atoms with Crippen molar-refractivity contribution < 1.29 is 24.3 Å². The Labute approximate surface area is 193 Å². The number of para-hydroxylation sites is 2. The first-order valence-corrected chi connectivity index (χ1v) is 10.6. The highest BCUT2D eigenvalue weighted by molar-refractivity contribution is 6.00. The van der Waals surface area contributed by atoms with Gasteiger partial charge in [0.05, 0.1) is 18.3 Å². The zero-order valence-electron chi connectivity index (χ0n) is 19.7. The van der Waals surface area contributed by atoms with Crippen LogP contribution in [0.2, 0.25) is 0 Å². The number of nitrogens with zero attached hydrogens (tertiary/aromatic N) is 3. The third kappa shape index (κ3) is 4.23. The third-order valence-electron chi connectivity index (χ3n) is 6.04. The molecule has 2 N–H and O–H groups in total. The molecule has 0 bridgehead atoms. The van der Waals surface area contributed by atoms with Gasteiger partial charge in [0, 0.05) is 5.69 Å². The molecule has 1 aliphatic heterocycles. The first kappa shape index (κ1) is 24.1. The maximum atomic E-state index is 13.7. The number of urea groups is 2. The van der Waals surface area contributed by atoms with E-state index in [4.69, 9.17) is 4.74 Å². The van der Waals surface area contributed by atoms with E-state index in [1.165, 1.54) is 16.9 Å². The van der Waals surface area contributed by atoms with Crippen molar-refractivity contribution in [3.63, 3.8) is 0 Å². The van der Waals surface area contributed by atoms with Crippen LogP contribution in [0.4, 0.5) is 21.0 Å². The molecule has 1 fully saturated rings. The molecule has 4 amide bonds. The molecule has 0 aliphatic carbocycles. The second kappa shape index (κ2) is 9.11. The number of anilines is 2. The fraction of sp³-hybridized carbons (Fsp3) is 0.375. The third-order valence-corrected chi connectivity index (χ3v) is 6.04. The molecule has 0 spiro atoms. The van der Waals surface area contributed by atoms with Gasteiger partial charge in [-0.3, -0.25) is 10.1 Å². The standard InChI is InChI=1S/C24H30N4O5/c1-15-11-7-9-13-18(15)25-22(30)28(32)21-24(4,5)27(17(3)20(29)33-6)23(31)26(21)19-14-10-8-12-16(19)2/h7-14,17,21,32H,1-6H3,(H,25,30). The zero-order valence-corrected chi connectivity index (χ0v) is 19.7. The lowest BCUT2D eigenvalue weighted by Crippen LogP contribution is -2.59. The number of esters is 1. The van der Waals surface area contributed by atoms with Crippen molar-refractivity contribution >= 4 is 29.4 Å². The lowest BCUT2D eigenvalue weighted by Gasteiger charge is -2.39. The van der Waals surface area contributed by atoms with Crippen molar-refractivity contribution in [2.24, 2.45) is 0 Å². The summed E-state index contributed by atoms with van der Waals surface area (Å²) in [6.45, 7) is 8.60. The summed E-state index contributed by atoms with van der Waals surface area (Å²) in [5, 5.41) is 14.3. The van der Waals surface area contributed by atoms with E-state index < -0.39 is 35.8 Å². The second-order valence-electron chi connectivity index (χ2n) is 8.63. The number of aryl methyl sites for hydroxylation is 2. The van der Waals surface area contributed by atoms with Crippen molar-refractivity contribution in [3.8, 4) is 0 Å². The summed E-state index contributed by atoms with van der Waals surface area (Å²) in [4.78, 5) is 41.8. The van der Waals surface area contributed by atoms with E-state index in [1.807, 2.05) is 38.1 Å². The van der Waals surface area contributed by atoms with Gasteiger partial charge in [0.1, 0.15) is 6.04 Å². The average Bonchev–Trinajstić information content (AvgIpc) is 2.98. The summed E-state index contributed by atoms with van der Waals surface area (Å²) >= 11 is 0. The lowest BCUT2D eigenvalue weighted by molar-refractivity contribution is -0.148. The number of nitrogens with one attached hydrogen (secondary N) is 1. The average molecular weight is 455 g/mol. The zero-order chi connectivity index (χ0) is 24.5. The summed E-state index contributed by atoms with van der Waals surface area (Å²) in [5.74, 6) is -0.601. The van der Waals surface area contributed by atoms with Crippen LogP contribution in [0.1, 0.15) is 31.9 Å². The van der Waals surface area contributed by atoms with Gasteiger partial charge >= 0.3 is 18.0 Å². The van der Waals surface area contributed by atoms with Gasteiger partial charge in [-0.25, -0.2) is 14.4 Å². The van der Waals surface area contributed by atoms with Gasteiger partial charge in [0.25, 0.3) is 0 Å². The first-order chi connectivity index (χ1) is 15.5. The van der Waals surface area contributed by atoms with Crippen molar-refractivity contribution in [1.82, 2.24) is 9.96 Å². The molecule has 176 valence electrons. The fourth-order valence-electron chi connectivity index (χ4n) is 4.32. The number of amides is 4. The normalized spacial score (nSPS) is 18.2. The Morgan fingerprint density at radius 1 is 1.09 bits per heavy atom. The number of carbonyl (C=O) groups excluding carboxylic acids is 3. The minimum absolute atomic E-state index is 0.515. The van der Waals surface area contributed by atoms with E-state index in [0.29, 0.717) is 16.4 Å². The summed E-state index contributed by atoms with van der Waals surface area (Å²) < 4.78 is 4.86. The van der Waals surface area contributed by atoms with Gasteiger partial charge in [0.15, 0.2) is 6.17 Å². The van der Waals surface area contributed by atoms with Crippen molar-refractivity contribution in [3.05, 3.63) is 59.7 Å². The molecular weight excluding hydrogens is 424 g/mol. The van der Waals surface area contributed by atoms with Crippen LogP contribution in [0, 0.1) is 13.8 Å². The van der Waals surface area contributed by atoms with E-state index in [1.54, 1.807) is 45.0 Å². The monoisotopic (exact) mass is 454 g/mol. The van der Waals surface area contributed by atoms with E-state index >= 15 is 0 Å². The van der Waals surface area contributed by atoms with E-state index in [9.17, 15) is 19.6 Å². The molecular formula is C24H30N4O5. The van der Waals surface area contributed by atoms with Crippen molar-refractivity contribution in [2.45, 2.75) is 52.4 Å². The Balaban J connectivity index is 2.07. The molecule has 2 aromatic rings. The Bertz CT molecular complexity index is 1070. The fourth-order valence-corrected chi connectivity index (χ4v) is 4.32. The summed E-state index contributed by atoms with van der Waals surface area (Å²) in [5.41, 5.74) is 1.48. The topological polar surface area (TPSA) is 102 Å². The highest BCUT2D eigenvalue weighted by Gasteiger charge is 2.58. The molecule has 3 rings (SSSR count). The molecule has 0 radical (unpaired) electrons. The summed E-state index contributed by atoms with van der Waals surface area (Å²) in [6, 6.07) is 12.0. The molecule has 0 aromatic heterocycles. The van der Waals surface area contributed by atoms with Crippen LogP contribution in [-0.2, 0) is 9.53 Å². The molecule has 9 heteroatoms. The van der Waals surface area contributed by atoms with Crippen LogP contribution in [-0.4, -0.2) is 58.1 Å². The van der Waals surface area contributed by atoms with Crippen LogP contribution >= 0.6 is 0 Å². The smallest absolute Gasteiger partial charge is 0.347 e. The Morgan fingerprint density at radius 2 is 1.67 bits per heavy atom. The number of benzene rings is 2. The lowest BCUT2D eigenvalue weighted by atomic mass is 9.98. The van der Waals surface area contributed by atoms with Crippen LogP contribution in [0.15, 0.2) is 48.5 Å². The van der Waals surface area contributed by atoms with Gasteiger partial charge in [-0.15, -0.1) is 0 Å². The highest BCUT2D eigenvalue weighted by Crippen LogP contribution is 2.40. The van der Waals surface area contributed by atoms with E-state index in [2.05, 4.69) is 5.32 Å². The minimum Gasteiger partial charge on any atom is -0.467 e. The maximum absolute atomic E-state index is 13.7. The number of carbonyl (C=O) groups is 3. The quantitative estimate of drug-likeness (QED) is 0.402. The molecule has 9 nitrogen and oxygen atoms in total. The van der Waals surface area contributed by atoms with Gasteiger partial charge in [-0.1, -0.05) is 36.4 Å². The molecule has 2 atom stereocenters. The van der Waals surface area contributed by atoms with Gasteiger partial charge in [-0.05, 0) is 57.9 Å². The maximum Gasteiger partial charge on any atom is 0.347 e. The van der Waals surface area contributed by atoms with Crippen LogP contribution in [0.25, 0.3) is 0 Å². The van der Waals surface area contributed by atoms with E-state index in [-0.39, 0.29) is 0 Å². The number of hydrogen-bond donors (Lipinski definition) is 2. The van der Waals surface area contributed by atoms with Gasteiger partial charge in [-0.2, -0.15) is 5.06 Å². The largest absolute Gasteiger partial charge is 0.467 e. The van der Waals surface area contributed by atoms with Crippen molar-refractivity contribution in [1.29, 1.82) is 0 Å². The molecule has 1 heterocycles. The number of hydrogen-bond acceptors (Lipinski definition) is 5. The molecule has 33 heavy (non-hydrogen) atoms. The minimum atomic E-state index is -1.16. The van der Waals surface area contributed by atoms with Crippen LogP contribution < -0.4 is 10.2 Å². The predicted molar refractivity (Wildman–Crippen MR) is 124 cm³/mol. The first-order valence-electron chi connectivity index (χ1n) is 10.6. The van der Waals surface area contributed by atoms with Crippen molar-refractivity contribution in [2.75, 3.05) is 17.3 Å². The molecule has 0 saturated carbocycles. The Kier molecular flexibility index (Phi) is 6.64. The predicted octanol–water partition coefficient (Wildman–Crippen LogP) is 4.13. The SMILES string of the molecule is COC(=O)C(C)N1C(=O)N(c2ccccc2C)C(N(O)C(=O)Nc2ccccc2C)C1(C)C. The Hall–Kier alpha value is -3.59. The molecule has 2 unspecified atom stereocenters.